The lowest BCUT2D eigenvalue weighted by Gasteiger charge is -2.06. The molecule has 16 heavy (non-hydrogen) atoms. The summed E-state index contributed by atoms with van der Waals surface area (Å²) in [7, 11) is 0. The smallest absolute Gasteiger partial charge is 0.196 e. The van der Waals surface area contributed by atoms with Crippen molar-refractivity contribution in [1.29, 1.82) is 5.26 Å². The standard InChI is InChI=1S/C11H10N4S/c1-9-13-14-11(16-8-7-12)15(9)10-5-3-2-4-6-10/h2-6H,8H2,1H3. The third kappa shape index (κ3) is 2.07. The quantitative estimate of drug-likeness (QED) is 0.758. The third-order valence-electron chi connectivity index (χ3n) is 2.08. The number of hydrogen-bond acceptors (Lipinski definition) is 4. The molecule has 0 N–H and O–H groups in total. The molecule has 0 spiro atoms. The lowest BCUT2D eigenvalue weighted by atomic mass is 10.3. The van der Waals surface area contributed by atoms with Crippen LogP contribution < -0.4 is 0 Å². The lowest BCUT2D eigenvalue weighted by Crippen LogP contribution is -1.98. The van der Waals surface area contributed by atoms with Crippen LogP contribution in [0.15, 0.2) is 35.5 Å². The number of aromatic nitrogens is 3. The summed E-state index contributed by atoms with van der Waals surface area (Å²) >= 11 is 1.39. The minimum atomic E-state index is 0.380. The van der Waals surface area contributed by atoms with E-state index in [0.29, 0.717) is 5.75 Å². The van der Waals surface area contributed by atoms with Gasteiger partial charge in [0.1, 0.15) is 5.82 Å². The van der Waals surface area contributed by atoms with E-state index in [1.165, 1.54) is 11.8 Å². The van der Waals surface area contributed by atoms with E-state index in [0.717, 1.165) is 16.7 Å². The van der Waals surface area contributed by atoms with Crippen molar-refractivity contribution in [2.24, 2.45) is 0 Å². The molecule has 0 amide bonds. The predicted molar refractivity (Wildman–Crippen MR) is 62.4 cm³/mol. The molecule has 1 aromatic carbocycles. The van der Waals surface area contributed by atoms with Gasteiger partial charge in [0.2, 0.25) is 0 Å². The first kappa shape index (κ1) is 10.7. The van der Waals surface area contributed by atoms with Crippen molar-refractivity contribution in [2.75, 3.05) is 5.75 Å². The topological polar surface area (TPSA) is 54.5 Å². The molecule has 0 aliphatic rings. The van der Waals surface area contributed by atoms with Crippen LogP contribution in [0.2, 0.25) is 0 Å². The van der Waals surface area contributed by atoms with Crippen LogP contribution in [0.3, 0.4) is 0 Å². The van der Waals surface area contributed by atoms with Crippen molar-refractivity contribution in [1.82, 2.24) is 14.8 Å². The summed E-state index contributed by atoms with van der Waals surface area (Å²) in [5.41, 5.74) is 1.02. The number of benzene rings is 1. The second kappa shape index (κ2) is 4.81. The molecule has 0 atom stereocenters. The molecule has 1 aromatic heterocycles. The molecule has 0 aliphatic heterocycles. The van der Waals surface area contributed by atoms with Gasteiger partial charge in [0.25, 0.3) is 0 Å². The van der Waals surface area contributed by atoms with Crippen LogP contribution in [0, 0.1) is 18.3 Å². The van der Waals surface area contributed by atoms with Gasteiger partial charge in [0, 0.05) is 5.69 Å². The second-order valence-corrected chi connectivity index (χ2v) is 4.09. The van der Waals surface area contributed by atoms with Crippen LogP contribution in [0.1, 0.15) is 5.82 Å². The molecule has 0 unspecified atom stereocenters. The molecule has 80 valence electrons. The first-order valence-electron chi connectivity index (χ1n) is 4.80. The summed E-state index contributed by atoms with van der Waals surface area (Å²) in [6.07, 6.45) is 0. The number of hydrogen-bond donors (Lipinski definition) is 0. The largest absolute Gasteiger partial charge is 0.274 e. The Labute approximate surface area is 97.9 Å². The maximum Gasteiger partial charge on any atom is 0.196 e. The Morgan fingerprint density at radius 1 is 1.31 bits per heavy atom. The van der Waals surface area contributed by atoms with Crippen molar-refractivity contribution < 1.29 is 0 Å². The molecule has 1 heterocycles. The van der Waals surface area contributed by atoms with Crippen molar-refractivity contribution in [3.8, 4) is 11.8 Å². The van der Waals surface area contributed by atoms with Gasteiger partial charge < -0.3 is 0 Å². The van der Waals surface area contributed by atoms with Gasteiger partial charge in [-0.2, -0.15) is 5.26 Å². The van der Waals surface area contributed by atoms with E-state index in [4.69, 9.17) is 5.26 Å². The van der Waals surface area contributed by atoms with Crippen LogP contribution in [-0.2, 0) is 0 Å². The Kier molecular flexibility index (Phi) is 3.22. The molecular weight excluding hydrogens is 220 g/mol. The highest BCUT2D eigenvalue weighted by atomic mass is 32.2. The molecular formula is C11H10N4S. The Bertz CT molecular complexity index is 513. The second-order valence-electron chi connectivity index (χ2n) is 3.15. The molecule has 0 saturated carbocycles. The summed E-state index contributed by atoms with van der Waals surface area (Å²) in [6.45, 7) is 1.90. The number of para-hydroxylation sites is 1. The van der Waals surface area contributed by atoms with Gasteiger partial charge in [-0.05, 0) is 19.1 Å². The third-order valence-corrected chi connectivity index (χ3v) is 2.87. The predicted octanol–water partition coefficient (Wildman–Crippen LogP) is 2.19. The van der Waals surface area contributed by atoms with E-state index >= 15 is 0 Å². The van der Waals surface area contributed by atoms with E-state index in [2.05, 4.69) is 16.3 Å². The minimum absolute atomic E-state index is 0.380. The van der Waals surface area contributed by atoms with Crippen molar-refractivity contribution in [3.05, 3.63) is 36.2 Å². The molecule has 2 rings (SSSR count). The SMILES string of the molecule is Cc1nnc(SCC#N)n1-c1ccccc1. The van der Waals surface area contributed by atoms with E-state index in [9.17, 15) is 0 Å². The lowest BCUT2D eigenvalue weighted by molar-refractivity contribution is 0.870. The van der Waals surface area contributed by atoms with E-state index in [1.54, 1.807) is 0 Å². The highest BCUT2D eigenvalue weighted by molar-refractivity contribution is 7.99. The monoisotopic (exact) mass is 230 g/mol. The molecule has 0 radical (unpaired) electrons. The molecule has 0 aliphatic carbocycles. The Morgan fingerprint density at radius 2 is 2.06 bits per heavy atom. The maximum atomic E-state index is 8.57. The van der Waals surface area contributed by atoms with Crippen LogP contribution >= 0.6 is 11.8 Å². The van der Waals surface area contributed by atoms with E-state index in [-0.39, 0.29) is 0 Å². The van der Waals surface area contributed by atoms with Crippen molar-refractivity contribution in [3.63, 3.8) is 0 Å². The number of aryl methyl sites for hydroxylation is 1. The summed E-state index contributed by atoms with van der Waals surface area (Å²) < 4.78 is 1.95. The highest BCUT2D eigenvalue weighted by Crippen LogP contribution is 2.20. The van der Waals surface area contributed by atoms with Gasteiger partial charge in [-0.25, -0.2) is 0 Å². The normalized spacial score (nSPS) is 10.0. The van der Waals surface area contributed by atoms with Crippen molar-refractivity contribution in [2.45, 2.75) is 12.1 Å². The van der Waals surface area contributed by atoms with Gasteiger partial charge >= 0.3 is 0 Å². The zero-order valence-corrected chi connectivity index (χ0v) is 9.61. The molecule has 0 fully saturated rings. The maximum absolute atomic E-state index is 8.57. The molecule has 0 bridgehead atoms. The van der Waals surface area contributed by atoms with Crippen LogP contribution in [0.25, 0.3) is 5.69 Å². The van der Waals surface area contributed by atoms with Crippen LogP contribution in [0.5, 0.6) is 0 Å². The number of thioether (sulfide) groups is 1. The molecule has 4 nitrogen and oxygen atoms in total. The summed E-state index contributed by atoms with van der Waals surface area (Å²) in [5.74, 6) is 1.21. The fraction of sp³-hybridized carbons (Fsp3) is 0.182. The Balaban J connectivity index is 2.40. The van der Waals surface area contributed by atoms with Crippen LogP contribution in [-0.4, -0.2) is 20.5 Å². The fourth-order valence-electron chi connectivity index (χ4n) is 1.41. The fourth-order valence-corrected chi connectivity index (χ4v) is 2.07. The number of rotatable bonds is 3. The zero-order chi connectivity index (χ0) is 11.4. The van der Waals surface area contributed by atoms with Gasteiger partial charge in [0.05, 0.1) is 11.8 Å². The van der Waals surface area contributed by atoms with E-state index < -0.39 is 0 Å². The minimum Gasteiger partial charge on any atom is -0.274 e. The summed E-state index contributed by atoms with van der Waals surface area (Å²) in [6, 6.07) is 12.0. The average molecular weight is 230 g/mol. The summed E-state index contributed by atoms with van der Waals surface area (Å²) in [4.78, 5) is 0. The number of nitrogens with zero attached hydrogens (tertiary/aromatic N) is 4. The Hall–Kier alpha value is -1.80. The van der Waals surface area contributed by atoms with Crippen molar-refractivity contribution >= 4 is 11.8 Å². The van der Waals surface area contributed by atoms with Crippen LogP contribution in [0.4, 0.5) is 0 Å². The van der Waals surface area contributed by atoms with E-state index in [1.807, 2.05) is 41.8 Å². The first-order chi connectivity index (χ1) is 7.83. The average Bonchev–Trinajstić information content (AvgIpc) is 2.69. The zero-order valence-electron chi connectivity index (χ0n) is 8.79. The highest BCUT2D eigenvalue weighted by Gasteiger charge is 2.10. The van der Waals surface area contributed by atoms with Gasteiger partial charge in [-0.1, -0.05) is 30.0 Å². The summed E-state index contributed by atoms with van der Waals surface area (Å²) in [5, 5.41) is 17.4. The molecule has 5 heteroatoms. The first-order valence-corrected chi connectivity index (χ1v) is 5.78. The number of nitriles is 1. The van der Waals surface area contributed by atoms with Gasteiger partial charge in [0.15, 0.2) is 5.16 Å². The molecule has 0 saturated heterocycles. The van der Waals surface area contributed by atoms with Gasteiger partial charge in [-0.15, -0.1) is 10.2 Å². The Morgan fingerprint density at radius 3 is 2.75 bits per heavy atom. The van der Waals surface area contributed by atoms with Gasteiger partial charge in [-0.3, -0.25) is 4.57 Å². The molecule has 2 aromatic rings.